The number of aromatic carboxylic acids is 1. The van der Waals surface area contributed by atoms with Crippen LogP contribution in [0.2, 0.25) is 0 Å². The molecule has 0 atom stereocenters. The van der Waals surface area contributed by atoms with Crippen molar-refractivity contribution in [2.24, 2.45) is 0 Å². The van der Waals surface area contributed by atoms with Gasteiger partial charge in [-0.25, -0.2) is 9.78 Å². The van der Waals surface area contributed by atoms with E-state index in [1.54, 1.807) is 0 Å². The predicted molar refractivity (Wildman–Crippen MR) is 108 cm³/mol. The van der Waals surface area contributed by atoms with E-state index in [9.17, 15) is 9.90 Å². The third kappa shape index (κ3) is 3.05. The summed E-state index contributed by atoms with van der Waals surface area (Å²) in [6.45, 7) is 4.06. The minimum atomic E-state index is -1.12. The molecule has 2 heterocycles. The van der Waals surface area contributed by atoms with Gasteiger partial charge in [0.2, 0.25) is 11.0 Å². The molecule has 0 aliphatic carbocycles. The van der Waals surface area contributed by atoms with Crippen LogP contribution in [0.15, 0.2) is 53.9 Å². The van der Waals surface area contributed by atoms with Crippen LogP contribution in [0, 0.1) is 13.8 Å². The summed E-state index contributed by atoms with van der Waals surface area (Å²) in [6, 6.07) is 15.5. The Morgan fingerprint density at radius 2 is 1.79 bits per heavy atom. The number of thiazole rings is 1. The lowest BCUT2D eigenvalue weighted by atomic mass is 9.98. The van der Waals surface area contributed by atoms with Crippen LogP contribution >= 0.6 is 11.3 Å². The molecule has 0 unspecified atom stereocenters. The van der Waals surface area contributed by atoms with E-state index >= 15 is 0 Å². The van der Waals surface area contributed by atoms with Gasteiger partial charge in [-0.15, -0.1) is 11.3 Å². The third-order valence-corrected chi connectivity index (χ3v) is 5.41. The Morgan fingerprint density at radius 1 is 1.04 bits per heavy atom. The van der Waals surface area contributed by atoms with Gasteiger partial charge in [0.1, 0.15) is 5.69 Å². The highest BCUT2D eigenvalue weighted by Gasteiger charge is 2.23. The highest BCUT2D eigenvalue weighted by molar-refractivity contribution is 7.12. The van der Waals surface area contributed by atoms with Gasteiger partial charge < -0.3 is 10.2 Å². The van der Waals surface area contributed by atoms with Gasteiger partial charge >= 0.3 is 5.97 Å². The normalized spacial score (nSPS) is 10.9. The first kappa shape index (κ1) is 17.9. The lowest BCUT2D eigenvalue weighted by Gasteiger charge is -2.06. The first-order valence-electron chi connectivity index (χ1n) is 8.60. The maximum Gasteiger partial charge on any atom is 0.355 e. The minimum Gasteiger partial charge on any atom is -0.493 e. The van der Waals surface area contributed by atoms with Crippen LogP contribution in [0.3, 0.4) is 0 Å². The zero-order valence-electron chi connectivity index (χ0n) is 15.2. The molecule has 6 nitrogen and oxygen atoms in total. The summed E-state index contributed by atoms with van der Waals surface area (Å²) >= 11 is 1.11. The Balaban J connectivity index is 1.95. The van der Waals surface area contributed by atoms with Crippen molar-refractivity contribution in [1.29, 1.82) is 0 Å². The summed E-state index contributed by atoms with van der Waals surface area (Å²) in [4.78, 5) is 15.2. The van der Waals surface area contributed by atoms with E-state index in [4.69, 9.17) is 5.11 Å². The van der Waals surface area contributed by atoms with Gasteiger partial charge in [0.05, 0.1) is 5.56 Å². The van der Waals surface area contributed by atoms with Gasteiger partial charge in [-0.3, -0.25) is 0 Å². The summed E-state index contributed by atoms with van der Waals surface area (Å²) in [6.07, 6.45) is 0. The van der Waals surface area contributed by atoms with E-state index in [0.717, 1.165) is 28.0 Å². The van der Waals surface area contributed by atoms with Crippen molar-refractivity contribution >= 4 is 17.3 Å². The monoisotopic (exact) mass is 391 g/mol. The molecule has 4 rings (SSSR count). The smallest absolute Gasteiger partial charge is 0.355 e. The number of hydrogen-bond acceptors (Lipinski definition) is 5. The Kier molecular flexibility index (Phi) is 4.44. The summed E-state index contributed by atoms with van der Waals surface area (Å²) in [7, 11) is 0. The summed E-state index contributed by atoms with van der Waals surface area (Å²) in [5.74, 6) is -1.20. The average molecular weight is 391 g/mol. The van der Waals surface area contributed by atoms with Gasteiger partial charge in [-0.2, -0.15) is 9.78 Å². The van der Waals surface area contributed by atoms with Crippen LogP contribution in [0.1, 0.15) is 21.6 Å². The first-order chi connectivity index (χ1) is 13.5. The number of hydrogen-bond donors (Lipinski definition) is 2. The van der Waals surface area contributed by atoms with Crippen LogP contribution in [0.25, 0.3) is 27.5 Å². The molecular weight excluding hydrogens is 374 g/mol. The van der Waals surface area contributed by atoms with E-state index in [-0.39, 0.29) is 11.6 Å². The highest BCUT2D eigenvalue weighted by Crippen LogP contribution is 2.40. The third-order valence-electron chi connectivity index (χ3n) is 4.60. The van der Waals surface area contributed by atoms with Gasteiger partial charge in [0.15, 0.2) is 5.69 Å². The number of aryl methyl sites for hydroxylation is 2. The molecule has 0 bridgehead atoms. The van der Waals surface area contributed by atoms with E-state index in [2.05, 4.69) is 10.1 Å². The Labute approximate surface area is 165 Å². The molecule has 7 heteroatoms. The molecule has 2 aromatic carbocycles. The van der Waals surface area contributed by atoms with Crippen molar-refractivity contribution in [1.82, 2.24) is 14.8 Å². The minimum absolute atomic E-state index is 0.0780. The van der Waals surface area contributed by atoms with E-state index < -0.39 is 5.97 Å². The second-order valence-corrected chi connectivity index (χ2v) is 7.28. The quantitative estimate of drug-likeness (QED) is 0.527. The average Bonchev–Trinajstić information content (AvgIpc) is 3.29. The molecule has 2 N–H and O–H groups in total. The van der Waals surface area contributed by atoms with Crippen molar-refractivity contribution in [3.8, 4) is 33.4 Å². The number of benzene rings is 2. The Hall–Kier alpha value is -3.45. The van der Waals surface area contributed by atoms with Gasteiger partial charge in [-0.05, 0) is 36.6 Å². The Bertz CT molecular complexity index is 1180. The molecule has 0 radical (unpaired) electrons. The second kappa shape index (κ2) is 6.94. The van der Waals surface area contributed by atoms with Crippen LogP contribution in [0.4, 0.5) is 0 Å². The van der Waals surface area contributed by atoms with Crippen LogP contribution in [-0.2, 0) is 0 Å². The lowest BCUT2D eigenvalue weighted by Crippen LogP contribution is -2.00. The SMILES string of the molecule is Cc1ccc(-c2nn(-c3nc(C(=O)O)cs3)c(O)c2-c2ccccc2)cc1C. The fraction of sp³-hybridized carbons (Fsp3) is 0.0952. The number of aromatic nitrogens is 3. The molecule has 0 saturated carbocycles. The zero-order valence-corrected chi connectivity index (χ0v) is 16.1. The van der Waals surface area contributed by atoms with Crippen molar-refractivity contribution in [3.63, 3.8) is 0 Å². The molecule has 140 valence electrons. The molecule has 0 aliphatic rings. The second-order valence-electron chi connectivity index (χ2n) is 6.44. The predicted octanol–water partition coefficient (Wildman–Crippen LogP) is 4.68. The van der Waals surface area contributed by atoms with Crippen LogP contribution < -0.4 is 0 Å². The van der Waals surface area contributed by atoms with Crippen LogP contribution in [-0.4, -0.2) is 30.9 Å². The number of aromatic hydroxyl groups is 1. The summed E-state index contributed by atoms with van der Waals surface area (Å²) in [5, 5.41) is 26.4. The molecule has 4 aromatic rings. The first-order valence-corrected chi connectivity index (χ1v) is 9.48. The topological polar surface area (TPSA) is 88.2 Å². The van der Waals surface area contributed by atoms with Gasteiger partial charge in [-0.1, -0.05) is 42.5 Å². The Morgan fingerprint density at radius 3 is 2.43 bits per heavy atom. The number of carboxylic acid groups (broad SMARTS) is 1. The van der Waals surface area contributed by atoms with E-state index in [0.29, 0.717) is 16.4 Å². The fourth-order valence-electron chi connectivity index (χ4n) is 2.96. The van der Waals surface area contributed by atoms with Crippen molar-refractivity contribution in [2.45, 2.75) is 13.8 Å². The van der Waals surface area contributed by atoms with Gasteiger partial charge in [0, 0.05) is 10.9 Å². The summed E-state index contributed by atoms with van der Waals surface area (Å²) in [5.41, 5.74) is 5.08. The number of rotatable bonds is 4. The van der Waals surface area contributed by atoms with Gasteiger partial charge in [0.25, 0.3) is 0 Å². The lowest BCUT2D eigenvalue weighted by molar-refractivity contribution is 0.0691. The summed E-state index contributed by atoms with van der Waals surface area (Å²) < 4.78 is 1.30. The molecule has 2 aromatic heterocycles. The standard InChI is InChI=1S/C21H17N3O3S/c1-12-8-9-15(10-13(12)2)18-17(14-6-4-3-5-7-14)19(25)24(23-18)21-22-16(11-28-21)20(26)27/h3-11,25H,1-2H3,(H,26,27). The largest absolute Gasteiger partial charge is 0.493 e. The van der Waals surface area contributed by atoms with Crippen molar-refractivity contribution in [2.75, 3.05) is 0 Å². The van der Waals surface area contributed by atoms with E-state index in [1.807, 2.05) is 62.4 Å². The maximum absolute atomic E-state index is 11.2. The molecule has 0 saturated heterocycles. The highest BCUT2D eigenvalue weighted by atomic mass is 32.1. The molecular formula is C21H17N3O3S. The van der Waals surface area contributed by atoms with Crippen molar-refractivity contribution in [3.05, 3.63) is 70.7 Å². The molecule has 0 spiro atoms. The number of carboxylic acids is 1. The van der Waals surface area contributed by atoms with E-state index in [1.165, 1.54) is 15.6 Å². The van der Waals surface area contributed by atoms with Crippen LogP contribution in [0.5, 0.6) is 5.88 Å². The number of nitrogens with zero attached hydrogens (tertiary/aromatic N) is 3. The molecule has 0 aliphatic heterocycles. The number of carbonyl (C=O) groups is 1. The fourth-order valence-corrected chi connectivity index (χ4v) is 3.71. The molecule has 0 fully saturated rings. The molecule has 28 heavy (non-hydrogen) atoms. The zero-order chi connectivity index (χ0) is 19.8. The molecule has 0 amide bonds. The maximum atomic E-state index is 11.2. The van der Waals surface area contributed by atoms with Crippen molar-refractivity contribution < 1.29 is 15.0 Å².